The van der Waals surface area contributed by atoms with Crippen molar-refractivity contribution >= 4 is 23.5 Å². The van der Waals surface area contributed by atoms with E-state index >= 15 is 0 Å². The van der Waals surface area contributed by atoms with E-state index < -0.39 is 17.8 Å². The number of nitrogens with one attached hydrogen (secondary N) is 1. The fourth-order valence-electron chi connectivity index (χ4n) is 3.53. The number of unbranched alkanes of at least 4 members (excludes halogenated alkanes) is 1. The average Bonchev–Trinajstić information content (AvgIpc) is 2.83. The number of hydrogen-bond acceptors (Lipinski definition) is 12. The number of guanidine groups is 1. The van der Waals surface area contributed by atoms with Crippen LogP contribution < -0.4 is 22.5 Å². The van der Waals surface area contributed by atoms with Gasteiger partial charge in [-0.1, -0.05) is 0 Å². The number of nitrogens with zero attached hydrogens (tertiary/aromatic N) is 4. The van der Waals surface area contributed by atoms with Gasteiger partial charge in [0, 0.05) is 26.2 Å². The van der Waals surface area contributed by atoms with Gasteiger partial charge in [-0.25, -0.2) is 9.97 Å². The van der Waals surface area contributed by atoms with Gasteiger partial charge in [-0.2, -0.15) is 0 Å². The smallest absolute Gasteiger partial charge is 0.280 e. The third-order valence-electron chi connectivity index (χ3n) is 5.51. The Morgan fingerprint density at radius 2 is 1.82 bits per heavy atom. The highest BCUT2D eigenvalue weighted by Crippen LogP contribution is 2.15. The monoisotopic (exact) mass is 542 g/mol. The van der Waals surface area contributed by atoms with Crippen molar-refractivity contribution in [3.63, 3.8) is 0 Å². The molecule has 1 fully saturated rings. The number of amides is 1. The molecule has 1 atom stereocenters. The lowest BCUT2D eigenvalue weighted by Gasteiger charge is -2.32. The fourth-order valence-corrected chi connectivity index (χ4v) is 3.53. The molecule has 14 nitrogen and oxygen atoms in total. The van der Waals surface area contributed by atoms with Crippen molar-refractivity contribution in [2.75, 3.05) is 50.9 Å². The minimum absolute atomic E-state index is 0.00909. The van der Waals surface area contributed by atoms with Crippen molar-refractivity contribution < 1.29 is 30.0 Å². The van der Waals surface area contributed by atoms with Gasteiger partial charge in [0.05, 0.1) is 24.5 Å². The molecule has 2 heterocycles. The van der Waals surface area contributed by atoms with Gasteiger partial charge < -0.3 is 47.3 Å². The number of aliphatic hydroxyl groups is 4. The van der Waals surface area contributed by atoms with Crippen molar-refractivity contribution in [1.29, 1.82) is 0 Å². The van der Waals surface area contributed by atoms with Crippen LogP contribution in [0.1, 0.15) is 68.6 Å². The fraction of sp³-hybridized carbons (Fsp3) is 0.750. The number of aryl methyl sites for hydroxylation is 1. The summed E-state index contributed by atoms with van der Waals surface area (Å²) >= 11 is 0. The van der Waals surface area contributed by atoms with Gasteiger partial charge in [-0.15, -0.1) is 0 Å². The minimum Gasteiger partial charge on any atom is -0.396 e. The first-order chi connectivity index (χ1) is 17.8. The van der Waals surface area contributed by atoms with Crippen LogP contribution >= 0.6 is 0 Å². The molecule has 1 saturated heterocycles. The van der Waals surface area contributed by atoms with Gasteiger partial charge >= 0.3 is 0 Å². The van der Waals surface area contributed by atoms with Crippen LogP contribution in [0.5, 0.6) is 0 Å². The van der Waals surface area contributed by atoms with Gasteiger partial charge in [0.15, 0.2) is 23.3 Å². The van der Waals surface area contributed by atoms with Gasteiger partial charge in [0.25, 0.3) is 5.91 Å². The van der Waals surface area contributed by atoms with Crippen molar-refractivity contribution in [3.05, 3.63) is 11.4 Å². The van der Waals surface area contributed by atoms with E-state index in [9.17, 15) is 9.90 Å². The molecule has 0 aliphatic carbocycles. The van der Waals surface area contributed by atoms with Crippen molar-refractivity contribution in [3.8, 4) is 0 Å². The predicted molar refractivity (Wildman–Crippen MR) is 145 cm³/mol. The molecular weight excluding hydrogens is 496 g/mol. The Hall–Kier alpha value is -2.62. The lowest BCUT2D eigenvalue weighted by molar-refractivity contribution is -0.127. The molecule has 2 rings (SSSR count). The summed E-state index contributed by atoms with van der Waals surface area (Å²) in [6.45, 7) is 8.04. The maximum atomic E-state index is 12.3. The molecule has 0 radical (unpaired) electrons. The molecule has 1 aliphatic heterocycles. The molecule has 14 heteroatoms. The molecule has 0 aromatic carbocycles. The van der Waals surface area contributed by atoms with E-state index in [1.54, 1.807) is 6.92 Å². The third kappa shape index (κ3) is 15.0. The summed E-state index contributed by atoms with van der Waals surface area (Å²) in [5.41, 5.74) is 17.5. The second-order valence-corrected chi connectivity index (χ2v) is 9.74. The summed E-state index contributed by atoms with van der Waals surface area (Å²) in [6, 6.07) is 0. The largest absolute Gasteiger partial charge is 0.396 e. The van der Waals surface area contributed by atoms with Crippen molar-refractivity contribution in [1.82, 2.24) is 20.2 Å². The van der Waals surface area contributed by atoms with Crippen LogP contribution in [0, 0.1) is 6.92 Å². The van der Waals surface area contributed by atoms with E-state index in [4.69, 9.17) is 37.3 Å². The number of hydrogen-bond donors (Lipinski definition) is 8. The normalized spacial score (nSPS) is 16.0. The summed E-state index contributed by atoms with van der Waals surface area (Å²) in [5.74, 6) is -1.95. The molecule has 0 bridgehead atoms. The lowest BCUT2D eigenvalue weighted by Crippen LogP contribution is -2.38. The van der Waals surface area contributed by atoms with Gasteiger partial charge in [0.1, 0.15) is 5.82 Å². The molecule has 1 amide bonds. The van der Waals surface area contributed by atoms with Crippen LogP contribution in [-0.4, -0.2) is 105 Å². The number of piperidine rings is 1. The van der Waals surface area contributed by atoms with E-state index in [2.05, 4.69) is 25.2 Å². The number of aliphatic hydroxyl groups excluding tert-OH is 2. The molecular formula is C24H46N8O6. The number of carbonyl (C=O) groups is 1. The van der Waals surface area contributed by atoms with E-state index in [1.165, 1.54) is 13.8 Å². The Balaban J connectivity index is 0.00000132. The van der Waals surface area contributed by atoms with Crippen LogP contribution in [0.2, 0.25) is 0 Å². The third-order valence-corrected chi connectivity index (χ3v) is 5.51. The average molecular weight is 543 g/mol. The maximum absolute atomic E-state index is 12.3. The number of likely N-dealkylation sites (tertiary alicyclic amines) is 1. The minimum atomic E-state index is -1.50. The molecule has 11 N–H and O–H groups in total. The molecule has 38 heavy (non-hydrogen) atoms. The van der Waals surface area contributed by atoms with E-state index in [-0.39, 0.29) is 36.0 Å². The highest BCUT2D eigenvalue weighted by molar-refractivity contribution is 6.06. The van der Waals surface area contributed by atoms with Crippen LogP contribution in [0.3, 0.4) is 0 Å². The number of aromatic nitrogens is 2. The van der Waals surface area contributed by atoms with Crippen LogP contribution in [0.15, 0.2) is 4.99 Å². The number of rotatable bonds is 12. The zero-order valence-corrected chi connectivity index (χ0v) is 22.8. The summed E-state index contributed by atoms with van der Waals surface area (Å²) in [7, 11) is 0. The summed E-state index contributed by atoms with van der Waals surface area (Å²) < 4.78 is 5.80. The molecule has 1 unspecified atom stereocenters. The second-order valence-electron chi connectivity index (χ2n) is 9.74. The first-order valence-electron chi connectivity index (χ1n) is 12.9. The van der Waals surface area contributed by atoms with Gasteiger partial charge in [-0.05, 0) is 65.8 Å². The number of nitrogens with two attached hydrogens (primary N) is 3. The standard InChI is InChI=1S/C21H38N8O4.C3H8O2/c1-14-18(22)27-19(23)17(26-14)20(32)28-21(24)25-8-2-3-9-29-10-6-16(7-11-29)33-13-15(31)5-4-12-30;1-3(2,4)5/h15-16,30-31H,2-13H2,1H3,(H4,22,23,27)(H3,24,25,28,32);4-5H,1-2H3. The van der Waals surface area contributed by atoms with Crippen LogP contribution in [0.4, 0.5) is 11.6 Å². The number of nitrogen functional groups attached to an aromatic ring is 2. The van der Waals surface area contributed by atoms with E-state index in [0.717, 1.165) is 45.3 Å². The summed E-state index contributed by atoms with van der Waals surface area (Å²) in [5, 5.41) is 37.2. The topological polar surface area (TPSA) is 239 Å². The first-order valence-corrected chi connectivity index (χ1v) is 12.9. The SMILES string of the molecule is CC(C)(O)O.Cc1nc(C(=O)NC(N)=NCCCCN2CCC(OCC(O)CCCO)CC2)c(N)nc1N. The number of anilines is 2. The first kappa shape index (κ1) is 33.4. The molecule has 0 spiro atoms. The Morgan fingerprint density at radius 3 is 2.42 bits per heavy atom. The quantitative estimate of drug-likeness (QED) is 0.0693. The highest BCUT2D eigenvalue weighted by Gasteiger charge is 2.20. The van der Waals surface area contributed by atoms with E-state index in [1.807, 2.05) is 0 Å². The maximum Gasteiger partial charge on any atom is 0.280 e. The molecule has 218 valence electrons. The molecule has 1 aromatic heterocycles. The molecule has 1 aromatic rings. The number of aliphatic imine (C=N–C) groups is 1. The number of ether oxygens (including phenoxy) is 1. The Labute approximate surface area is 224 Å². The zero-order chi connectivity index (χ0) is 28.7. The van der Waals surface area contributed by atoms with E-state index in [0.29, 0.717) is 31.7 Å². The summed E-state index contributed by atoms with van der Waals surface area (Å²) in [4.78, 5) is 26.8. The van der Waals surface area contributed by atoms with Crippen LogP contribution in [0.25, 0.3) is 0 Å². The predicted octanol–water partition coefficient (Wildman–Crippen LogP) is -0.904. The van der Waals surface area contributed by atoms with Gasteiger partial charge in [0.2, 0.25) is 0 Å². The summed E-state index contributed by atoms with van der Waals surface area (Å²) in [6.07, 6.45) is 4.53. The van der Waals surface area contributed by atoms with Gasteiger partial charge in [-0.3, -0.25) is 15.1 Å². The number of carbonyl (C=O) groups excluding carboxylic acids is 1. The lowest BCUT2D eigenvalue weighted by atomic mass is 10.1. The van der Waals surface area contributed by atoms with Crippen molar-refractivity contribution in [2.24, 2.45) is 10.7 Å². The highest BCUT2D eigenvalue weighted by atomic mass is 16.5. The second kappa shape index (κ2) is 17.1. The Bertz CT molecular complexity index is 866. The van der Waals surface area contributed by atoms with Crippen LogP contribution in [-0.2, 0) is 4.74 Å². The molecule has 1 aliphatic rings. The zero-order valence-electron chi connectivity index (χ0n) is 22.8. The van der Waals surface area contributed by atoms with Crippen molar-refractivity contribution in [2.45, 2.75) is 77.3 Å². The Morgan fingerprint density at radius 1 is 1.18 bits per heavy atom. The molecule has 0 saturated carbocycles. The Kier molecular flexibility index (Phi) is 15.0.